The monoisotopic (exact) mass is 292 g/mol. The summed E-state index contributed by atoms with van der Waals surface area (Å²) in [5, 5.41) is 8.68. The summed E-state index contributed by atoms with van der Waals surface area (Å²) in [6.45, 7) is 0.00258. The molecule has 0 aliphatic heterocycles. The fourth-order valence-electron chi connectivity index (χ4n) is 2.10. The second-order valence-electron chi connectivity index (χ2n) is 4.96. The summed E-state index contributed by atoms with van der Waals surface area (Å²) >= 11 is 0. The second kappa shape index (κ2) is 6.44. The standard InChI is InChI=1S/C15H14F2N2O2/c16-10-1-4-12(13(17)9-10)14(20)5-6-15(21)19(8-7-18)11-2-3-11/h1,4,9,11H,2-3,5-6,8H2. The van der Waals surface area contributed by atoms with Crippen molar-refractivity contribution < 1.29 is 18.4 Å². The Balaban J connectivity index is 1.94. The van der Waals surface area contributed by atoms with Gasteiger partial charge in [-0.2, -0.15) is 5.26 Å². The van der Waals surface area contributed by atoms with E-state index in [1.54, 1.807) is 0 Å². The first-order chi connectivity index (χ1) is 10.0. The van der Waals surface area contributed by atoms with E-state index in [1.165, 1.54) is 4.90 Å². The molecule has 0 bridgehead atoms. The quantitative estimate of drug-likeness (QED) is 0.597. The minimum absolute atomic E-state index is 0.00258. The fourth-order valence-corrected chi connectivity index (χ4v) is 2.10. The van der Waals surface area contributed by atoms with Crippen LogP contribution in [0.1, 0.15) is 36.0 Å². The zero-order chi connectivity index (χ0) is 15.4. The number of rotatable bonds is 6. The van der Waals surface area contributed by atoms with E-state index in [0.717, 1.165) is 25.0 Å². The molecule has 1 amide bonds. The number of carbonyl (C=O) groups is 2. The lowest BCUT2D eigenvalue weighted by atomic mass is 10.1. The van der Waals surface area contributed by atoms with Gasteiger partial charge in [-0.3, -0.25) is 9.59 Å². The van der Waals surface area contributed by atoms with Gasteiger partial charge in [-0.25, -0.2) is 8.78 Å². The number of Topliss-reactive ketones (excluding diaryl/α,β-unsaturated/α-hetero) is 1. The van der Waals surface area contributed by atoms with Gasteiger partial charge in [0.2, 0.25) is 5.91 Å². The van der Waals surface area contributed by atoms with Crippen molar-refractivity contribution in [3.05, 3.63) is 35.4 Å². The van der Waals surface area contributed by atoms with E-state index in [1.807, 2.05) is 6.07 Å². The molecule has 110 valence electrons. The van der Waals surface area contributed by atoms with Gasteiger partial charge in [-0.1, -0.05) is 0 Å². The first kappa shape index (κ1) is 15.1. The van der Waals surface area contributed by atoms with Gasteiger partial charge in [0, 0.05) is 24.9 Å². The molecule has 0 N–H and O–H groups in total. The van der Waals surface area contributed by atoms with Crippen molar-refractivity contribution in [2.75, 3.05) is 6.54 Å². The molecule has 1 aliphatic carbocycles. The van der Waals surface area contributed by atoms with Gasteiger partial charge < -0.3 is 4.90 Å². The minimum Gasteiger partial charge on any atom is -0.326 e. The zero-order valence-corrected chi connectivity index (χ0v) is 11.3. The lowest BCUT2D eigenvalue weighted by Crippen LogP contribution is -2.33. The molecule has 1 saturated carbocycles. The molecule has 0 saturated heterocycles. The van der Waals surface area contributed by atoms with Crippen LogP contribution in [0.15, 0.2) is 18.2 Å². The van der Waals surface area contributed by atoms with E-state index in [2.05, 4.69) is 0 Å². The molecular formula is C15H14F2N2O2. The number of hydrogen-bond donors (Lipinski definition) is 0. The number of benzene rings is 1. The highest BCUT2D eigenvalue weighted by molar-refractivity contribution is 5.98. The van der Waals surface area contributed by atoms with Gasteiger partial charge in [0.1, 0.15) is 18.2 Å². The van der Waals surface area contributed by atoms with Crippen molar-refractivity contribution in [2.45, 2.75) is 31.7 Å². The number of ketones is 1. The van der Waals surface area contributed by atoms with Crippen LogP contribution < -0.4 is 0 Å². The van der Waals surface area contributed by atoms with Crippen LogP contribution in [0, 0.1) is 23.0 Å². The minimum atomic E-state index is -0.927. The molecular weight excluding hydrogens is 278 g/mol. The smallest absolute Gasteiger partial charge is 0.224 e. The molecule has 2 rings (SSSR count). The Bertz CT molecular complexity index is 606. The molecule has 1 aliphatic rings. The summed E-state index contributed by atoms with van der Waals surface area (Å²) in [6, 6.07) is 4.73. The molecule has 0 unspecified atom stereocenters. The molecule has 1 aromatic carbocycles. The van der Waals surface area contributed by atoms with Crippen molar-refractivity contribution in [3.8, 4) is 6.07 Å². The number of nitrogens with zero attached hydrogens (tertiary/aromatic N) is 2. The molecule has 0 spiro atoms. The summed E-state index contributed by atoms with van der Waals surface area (Å²) in [5.41, 5.74) is -0.220. The SMILES string of the molecule is N#CCN(C(=O)CCC(=O)c1ccc(F)cc1F)C1CC1. The van der Waals surface area contributed by atoms with E-state index in [9.17, 15) is 18.4 Å². The zero-order valence-electron chi connectivity index (χ0n) is 11.3. The molecule has 4 nitrogen and oxygen atoms in total. The number of amides is 1. The maximum absolute atomic E-state index is 13.4. The van der Waals surface area contributed by atoms with Crippen molar-refractivity contribution in [1.82, 2.24) is 4.90 Å². The summed E-state index contributed by atoms with van der Waals surface area (Å²) in [4.78, 5) is 25.3. The molecule has 1 aromatic rings. The Labute approximate surface area is 121 Å². The molecule has 0 atom stereocenters. The van der Waals surface area contributed by atoms with Crippen LogP contribution in [0.25, 0.3) is 0 Å². The highest BCUT2D eigenvalue weighted by Crippen LogP contribution is 2.27. The lowest BCUT2D eigenvalue weighted by Gasteiger charge is -2.18. The molecule has 21 heavy (non-hydrogen) atoms. The second-order valence-corrected chi connectivity index (χ2v) is 4.96. The summed E-state index contributed by atoms with van der Waals surface area (Å²) < 4.78 is 26.2. The average Bonchev–Trinajstić information content (AvgIpc) is 3.26. The third kappa shape index (κ3) is 3.85. The largest absolute Gasteiger partial charge is 0.326 e. The summed E-state index contributed by atoms with van der Waals surface area (Å²) in [6.07, 6.45) is 1.51. The van der Waals surface area contributed by atoms with Crippen LogP contribution in [0.4, 0.5) is 8.78 Å². The Kier molecular flexibility index (Phi) is 4.63. The maximum Gasteiger partial charge on any atom is 0.224 e. The van der Waals surface area contributed by atoms with E-state index in [0.29, 0.717) is 6.07 Å². The van der Waals surface area contributed by atoms with Gasteiger partial charge >= 0.3 is 0 Å². The van der Waals surface area contributed by atoms with Crippen LogP contribution >= 0.6 is 0 Å². The van der Waals surface area contributed by atoms with E-state index >= 15 is 0 Å². The number of nitriles is 1. The molecule has 6 heteroatoms. The summed E-state index contributed by atoms with van der Waals surface area (Å²) in [5.74, 6) is -2.51. The average molecular weight is 292 g/mol. The van der Waals surface area contributed by atoms with Gasteiger partial charge in [-0.15, -0.1) is 0 Å². The lowest BCUT2D eigenvalue weighted by molar-refractivity contribution is -0.131. The van der Waals surface area contributed by atoms with E-state index in [-0.39, 0.29) is 36.9 Å². The number of carbonyl (C=O) groups excluding carboxylic acids is 2. The van der Waals surface area contributed by atoms with Gasteiger partial charge in [0.05, 0.1) is 11.6 Å². The predicted molar refractivity (Wildman–Crippen MR) is 70.3 cm³/mol. The van der Waals surface area contributed by atoms with E-state index in [4.69, 9.17) is 5.26 Å². The topological polar surface area (TPSA) is 61.2 Å². The maximum atomic E-state index is 13.4. The van der Waals surface area contributed by atoms with Crippen molar-refractivity contribution in [1.29, 1.82) is 5.26 Å². The fraction of sp³-hybridized carbons (Fsp3) is 0.400. The normalized spacial score (nSPS) is 13.6. The van der Waals surface area contributed by atoms with Gasteiger partial charge in [0.15, 0.2) is 5.78 Å². The van der Waals surface area contributed by atoms with Crippen molar-refractivity contribution in [2.24, 2.45) is 0 Å². The van der Waals surface area contributed by atoms with Crippen LogP contribution in [0.3, 0.4) is 0 Å². The highest BCUT2D eigenvalue weighted by atomic mass is 19.1. The third-order valence-electron chi connectivity index (χ3n) is 3.35. The van der Waals surface area contributed by atoms with Gasteiger partial charge in [-0.05, 0) is 25.0 Å². The van der Waals surface area contributed by atoms with Crippen LogP contribution in [0.2, 0.25) is 0 Å². The number of hydrogen-bond acceptors (Lipinski definition) is 3. The Hall–Kier alpha value is -2.29. The van der Waals surface area contributed by atoms with E-state index < -0.39 is 17.4 Å². The molecule has 1 fully saturated rings. The summed E-state index contributed by atoms with van der Waals surface area (Å²) in [7, 11) is 0. The van der Waals surface area contributed by atoms with Crippen LogP contribution in [-0.4, -0.2) is 29.2 Å². The van der Waals surface area contributed by atoms with Crippen LogP contribution in [-0.2, 0) is 4.79 Å². The highest BCUT2D eigenvalue weighted by Gasteiger charge is 2.32. The molecule has 0 heterocycles. The predicted octanol–water partition coefficient (Wildman–Crippen LogP) is 2.44. The molecule has 0 aromatic heterocycles. The van der Waals surface area contributed by atoms with Crippen molar-refractivity contribution in [3.63, 3.8) is 0 Å². The van der Waals surface area contributed by atoms with Crippen molar-refractivity contribution >= 4 is 11.7 Å². The van der Waals surface area contributed by atoms with Gasteiger partial charge in [0.25, 0.3) is 0 Å². The van der Waals surface area contributed by atoms with Crippen LogP contribution in [0.5, 0.6) is 0 Å². The molecule has 0 radical (unpaired) electrons. The first-order valence-corrected chi connectivity index (χ1v) is 6.67. The Morgan fingerprint density at radius 2 is 2.00 bits per heavy atom. The Morgan fingerprint density at radius 1 is 1.29 bits per heavy atom. The Morgan fingerprint density at radius 3 is 2.57 bits per heavy atom. The first-order valence-electron chi connectivity index (χ1n) is 6.67. The number of halogens is 2. The third-order valence-corrected chi connectivity index (χ3v) is 3.35.